The number of nitro groups is 1. The van der Waals surface area contributed by atoms with Gasteiger partial charge in [0.05, 0.1) is 11.5 Å². The number of aliphatic hydroxyl groups is 1. The summed E-state index contributed by atoms with van der Waals surface area (Å²) in [5.74, 6) is 0.327. The van der Waals surface area contributed by atoms with E-state index >= 15 is 0 Å². The summed E-state index contributed by atoms with van der Waals surface area (Å²) < 4.78 is 5.41. The van der Waals surface area contributed by atoms with Crippen LogP contribution in [0.5, 0.6) is 5.75 Å². The summed E-state index contributed by atoms with van der Waals surface area (Å²) in [5, 5.41) is 20.4. The molecule has 1 aromatic carbocycles. The van der Waals surface area contributed by atoms with Crippen LogP contribution in [0.25, 0.3) is 0 Å². The van der Waals surface area contributed by atoms with Crippen LogP contribution >= 0.6 is 0 Å². The van der Waals surface area contributed by atoms with E-state index in [-0.39, 0.29) is 23.3 Å². The SMILES string of the molecule is CCOc1cccc(N2CCCC2CCCO)c1[N+](=O)[O-]. The summed E-state index contributed by atoms with van der Waals surface area (Å²) in [6.07, 6.45) is 3.61. The zero-order chi connectivity index (χ0) is 15.2. The Balaban J connectivity index is 2.33. The number of ether oxygens (including phenoxy) is 1. The van der Waals surface area contributed by atoms with E-state index in [0.717, 1.165) is 32.2 Å². The maximum Gasteiger partial charge on any atom is 0.333 e. The molecule has 6 heteroatoms. The van der Waals surface area contributed by atoms with Gasteiger partial charge in [-0.25, -0.2) is 0 Å². The minimum atomic E-state index is -0.359. The number of nitrogens with zero attached hydrogens (tertiary/aromatic N) is 2. The van der Waals surface area contributed by atoms with E-state index in [1.807, 2.05) is 6.92 Å². The van der Waals surface area contributed by atoms with Gasteiger partial charge in [0.15, 0.2) is 5.75 Å². The minimum Gasteiger partial charge on any atom is -0.487 e. The van der Waals surface area contributed by atoms with Crippen LogP contribution in [-0.4, -0.2) is 35.8 Å². The molecule has 1 heterocycles. The van der Waals surface area contributed by atoms with Crippen LogP contribution in [0.3, 0.4) is 0 Å². The molecular formula is C15H22N2O4. The quantitative estimate of drug-likeness (QED) is 0.618. The largest absolute Gasteiger partial charge is 0.487 e. The molecule has 0 aliphatic carbocycles. The topological polar surface area (TPSA) is 75.8 Å². The summed E-state index contributed by atoms with van der Waals surface area (Å²) in [7, 11) is 0. The first-order valence-corrected chi connectivity index (χ1v) is 7.46. The molecule has 116 valence electrons. The van der Waals surface area contributed by atoms with E-state index < -0.39 is 0 Å². The molecule has 6 nitrogen and oxygen atoms in total. The van der Waals surface area contributed by atoms with Crippen molar-refractivity contribution in [1.29, 1.82) is 0 Å². The Morgan fingerprint density at radius 3 is 3.00 bits per heavy atom. The van der Waals surface area contributed by atoms with E-state index in [4.69, 9.17) is 9.84 Å². The van der Waals surface area contributed by atoms with Crippen LogP contribution in [0.15, 0.2) is 18.2 Å². The third-order valence-corrected chi connectivity index (χ3v) is 3.84. The van der Waals surface area contributed by atoms with Gasteiger partial charge in [-0.15, -0.1) is 0 Å². The first-order chi connectivity index (χ1) is 10.2. The summed E-state index contributed by atoms with van der Waals surface area (Å²) in [6, 6.07) is 5.49. The molecular weight excluding hydrogens is 272 g/mol. The van der Waals surface area contributed by atoms with Crippen molar-refractivity contribution in [2.24, 2.45) is 0 Å². The number of aliphatic hydroxyl groups excluding tert-OH is 1. The molecule has 1 unspecified atom stereocenters. The molecule has 0 aromatic heterocycles. The normalized spacial score (nSPS) is 18.0. The van der Waals surface area contributed by atoms with Crippen LogP contribution < -0.4 is 9.64 Å². The van der Waals surface area contributed by atoms with E-state index in [2.05, 4.69) is 4.90 Å². The highest BCUT2D eigenvalue weighted by Gasteiger charge is 2.31. The van der Waals surface area contributed by atoms with Gasteiger partial charge in [0.2, 0.25) is 0 Å². The lowest BCUT2D eigenvalue weighted by atomic mass is 10.1. The summed E-state index contributed by atoms with van der Waals surface area (Å²) in [6.45, 7) is 3.19. The average Bonchev–Trinajstić information content (AvgIpc) is 2.93. The van der Waals surface area contributed by atoms with E-state index in [9.17, 15) is 10.1 Å². The number of hydrogen-bond acceptors (Lipinski definition) is 5. The Morgan fingerprint density at radius 2 is 2.33 bits per heavy atom. The van der Waals surface area contributed by atoms with E-state index in [1.54, 1.807) is 18.2 Å². The van der Waals surface area contributed by atoms with Gasteiger partial charge < -0.3 is 14.7 Å². The second-order valence-electron chi connectivity index (χ2n) is 5.17. The predicted molar refractivity (Wildman–Crippen MR) is 81.0 cm³/mol. The fraction of sp³-hybridized carbons (Fsp3) is 0.600. The zero-order valence-electron chi connectivity index (χ0n) is 12.3. The maximum atomic E-state index is 11.5. The van der Waals surface area contributed by atoms with Gasteiger partial charge in [0.25, 0.3) is 0 Å². The van der Waals surface area contributed by atoms with Crippen molar-refractivity contribution in [1.82, 2.24) is 0 Å². The Labute approximate surface area is 124 Å². The molecule has 2 rings (SSSR count). The lowest BCUT2D eigenvalue weighted by Gasteiger charge is -2.26. The van der Waals surface area contributed by atoms with Gasteiger partial charge in [0.1, 0.15) is 5.69 Å². The Morgan fingerprint density at radius 1 is 1.52 bits per heavy atom. The number of rotatable bonds is 7. The number of para-hydroxylation sites is 1. The molecule has 1 saturated heterocycles. The van der Waals surface area contributed by atoms with Crippen LogP contribution in [0.2, 0.25) is 0 Å². The maximum absolute atomic E-state index is 11.5. The monoisotopic (exact) mass is 294 g/mol. The predicted octanol–water partition coefficient (Wildman–Crippen LogP) is 2.73. The average molecular weight is 294 g/mol. The summed E-state index contributed by atoms with van der Waals surface area (Å²) >= 11 is 0. The first kappa shape index (κ1) is 15.6. The van der Waals surface area contributed by atoms with Crippen molar-refractivity contribution < 1.29 is 14.8 Å². The second kappa shape index (κ2) is 7.26. The number of nitro benzene ring substituents is 1. The fourth-order valence-corrected chi connectivity index (χ4v) is 2.98. The molecule has 1 aliphatic heterocycles. The Kier molecular flexibility index (Phi) is 5.38. The third kappa shape index (κ3) is 3.44. The molecule has 0 saturated carbocycles. The van der Waals surface area contributed by atoms with Gasteiger partial charge in [-0.1, -0.05) is 6.07 Å². The highest BCUT2D eigenvalue weighted by Crippen LogP contribution is 2.40. The van der Waals surface area contributed by atoms with Crippen LogP contribution in [-0.2, 0) is 0 Å². The van der Waals surface area contributed by atoms with Crippen molar-refractivity contribution in [2.45, 2.75) is 38.6 Å². The molecule has 1 fully saturated rings. The van der Waals surface area contributed by atoms with Gasteiger partial charge in [-0.2, -0.15) is 0 Å². The highest BCUT2D eigenvalue weighted by molar-refractivity contribution is 5.70. The molecule has 0 bridgehead atoms. The zero-order valence-corrected chi connectivity index (χ0v) is 12.3. The molecule has 0 spiro atoms. The van der Waals surface area contributed by atoms with Crippen molar-refractivity contribution in [3.8, 4) is 5.75 Å². The molecule has 21 heavy (non-hydrogen) atoms. The van der Waals surface area contributed by atoms with Crippen LogP contribution in [0, 0.1) is 10.1 Å². The lowest BCUT2D eigenvalue weighted by molar-refractivity contribution is -0.385. The van der Waals surface area contributed by atoms with Crippen molar-refractivity contribution in [3.05, 3.63) is 28.3 Å². The van der Waals surface area contributed by atoms with Crippen molar-refractivity contribution >= 4 is 11.4 Å². The van der Waals surface area contributed by atoms with Crippen LogP contribution in [0.1, 0.15) is 32.6 Å². The van der Waals surface area contributed by atoms with E-state index in [0.29, 0.717) is 18.0 Å². The third-order valence-electron chi connectivity index (χ3n) is 3.84. The summed E-state index contributed by atoms with van der Waals surface area (Å²) in [5.41, 5.74) is 0.682. The Bertz CT molecular complexity index is 493. The second-order valence-corrected chi connectivity index (χ2v) is 5.17. The van der Waals surface area contributed by atoms with Gasteiger partial charge >= 0.3 is 5.69 Å². The van der Waals surface area contributed by atoms with Gasteiger partial charge in [0, 0.05) is 19.2 Å². The standard InChI is InChI=1S/C15H22N2O4/c1-2-21-14-9-3-8-13(15(14)17(19)20)16-10-4-6-12(16)7-5-11-18/h3,8-9,12,18H,2,4-7,10-11H2,1H3. The fourth-order valence-electron chi connectivity index (χ4n) is 2.98. The molecule has 0 amide bonds. The van der Waals surface area contributed by atoms with Crippen LogP contribution in [0.4, 0.5) is 11.4 Å². The molecule has 1 aliphatic rings. The molecule has 1 atom stereocenters. The van der Waals surface area contributed by atoms with Crippen molar-refractivity contribution in [3.63, 3.8) is 0 Å². The number of benzene rings is 1. The van der Waals surface area contributed by atoms with Gasteiger partial charge in [-0.3, -0.25) is 10.1 Å². The van der Waals surface area contributed by atoms with Gasteiger partial charge in [-0.05, 0) is 44.7 Å². The van der Waals surface area contributed by atoms with Crippen molar-refractivity contribution in [2.75, 3.05) is 24.7 Å². The Hall–Kier alpha value is -1.82. The number of hydrogen-bond donors (Lipinski definition) is 1. The molecule has 1 N–H and O–H groups in total. The number of anilines is 1. The lowest BCUT2D eigenvalue weighted by Crippen LogP contribution is -2.30. The van der Waals surface area contributed by atoms with E-state index in [1.165, 1.54) is 0 Å². The first-order valence-electron chi connectivity index (χ1n) is 7.46. The summed E-state index contributed by atoms with van der Waals surface area (Å²) in [4.78, 5) is 13.2. The molecule has 1 aromatic rings. The minimum absolute atomic E-state index is 0.0512. The smallest absolute Gasteiger partial charge is 0.333 e. The molecule has 0 radical (unpaired) electrons. The highest BCUT2D eigenvalue weighted by atomic mass is 16.6.